The molecule has 13 heteroatoms. The van der Waals surface area contributed by atoms with E-state index in [1.54, 1.807) is 30.0 Å². The number of thioether (sulfide) groups is 1. The lowest BCUT2D eigenvalue weighted by Crippen LogP contribution is -2.37. The van der Waals surface area contributed by atoms with Crippen LogP contribution in [0.3, 0.4) is 0 Å². The first-order valence-corrected chi connectivity index (χ1v) is 23.4. The molecule has 0 unspecified atom stereocenters. The number of morpholine rings is 1. The number of rotatable bonds is 17. The zero-order valence-electron chi connectivity index (χ0n) is 33.4. The van der Waals surface area contributed by atoms with Gasteiger partial charge in [-0.2, -0.15) is 0 Å². The van der Waals surface area contributed by atoms with E-state index >= 15 is 0 Å². The summed E-state index contributed by atoms with van der Waals surface area (Å²) in [6.45, 7) is 5.34. The number of nitrogens with zero attached hydrogens (tertiary/aromatic N) is 3. The summed E-state index contributed by atoms with van der Waals surface area (Å²) in [6.07, 6.45) is 2.14. The number of halogens is 1. The Morgan fingerprint density at radius 1 is 0.883 bits per heavy atom. The van der Waals surface area contributed by atoms with Gasteiger partial charge in [-0.25, -0.2) is 8.42 Å². The van der Waals surface area contributed by atoms with Crippen LogP contribution in [-0.4, -0.2) is 86.6 Å². The molecule has 7 rings (SSSR count). The maximum absolute atomic E-state index is 13.6. The first-order chi connectivity index (χ1) is 29.0. The van der Waals surface area contributed by atoms with E-state index in [-0.39, 0.29) is 28.0 Å². The number of carbonyl (C=O) groups is 1. The third-order valence-corrected chi connectivity index (χ3v) is 14.7. The van der Waals surface area contributed by atoms with Gasteiger partial charge in [0.25, 0.3) is 5.69 Å². The maximum atomic E-state index is 13.6. The number of Topliss-reactive ketones (excluding diaryl/α,β-unsaturated/α-hetero) is 1. The first-order valence-electron chi connectivity index (χ1n) is 20.4. The van der Waals surface area contributed by atoms with Crippen LogP contribution in [0.5, 0.6) is 0 Å². The van der Waals surface area contributed by atoms with E-state index in [4.69, 9.17) is 16.3 Å². The Morgan fingerprint density at radius 3 is 2.27 bits per heavy atom. The molecule has 10 nitrogen and oxygen atoms in total. The van der Waals surface area contributed by atoms with Crippen molar-refractivity contribution in [1.82, 2.24) is 4.90 Å². The van der Waals surface area contributed by atoms with Crippen molar-refractivity contribution in [2.24, 2.45) is 11.8 Å². The number of benzene rings is 5. The lowest BCUT2D eigenvalue weighted by molar-refractivity contribution is -0.385. The van der Waals surface area contributed by atoms with Crippen LogP contribution in [0, 0.1) is 22.0 Å². The molecule has 1 N–H and O–H groups in total. The molecule has 2 fully saturated rings. The third-order valence-electron chi connectivity index (χ3n) is 11.6. The van der Waals surface area contributed by atoms with Crippen molar-refractivity contribution >= 4 is 50.4 Å². The minimum Gasteiger partial charge on any atom is -0.388 e. The summed E-state index contributed by atoms with van der Waals surface area (Å²) in [5.41, 5.74) is 4.24. The van der Waals surface area contributed by atoms with Gasteiger partial charge in [0.2, 0.25) is 0 Å². The topological polar surface area (TPSA) is 130 Å². The molecule has 60 heavy (non-hydrogen) atoms. The number of aliphatic hydroxyl groups is 1. The van der Waals surface area contributed by atoms with Crippen molar-refractivity contribution in [1.29, 1.82) is 0 Å². The molecule has 0 saturated carbocycles. The van der Waals surface area contributed by atoms with E-state index in [2.05, 4.69) is 9.80 Å². The van der Waals surface area contributed by atoms with Gasteiger partial charge in [-0.05, 0) is 115 Å². The number of hydrogen-bond donors (Lipinski definition) is 1. The van der Waals surface area contributed by atoms with Gasteiger partial charge in [0.15, 0.2) is 15.6 Å². The molecule has 0 aliphatic carbocycles. The molecule has 0 radical (unpaired) electrons. The van der Waals surface area contributed by atoms with Gasteiger partial charge in [-0.3, -0.25) is 19.8 Å². The van der Waals surface area contributed by atoms with Gasteiger partial charge in [0.05, 0.1) is 29.1 Å². The van der Waals surface area contributed by atoms with Crippen molar-refractivity contribution in [3.63, 3.8) is 0 Å². The highest BCUT2D eigenvalue weighted by Gasteiger charge is 2.29. The first kappa shape index (κ1) is 43.5. The monoisotopic (exact) mass is 867 g/mol. The second-order valence-electron chi connectivity index (χ2n) is 15.6. The van der Waals surface area contributed by atoms with Gasteiger partial charge in [0, 0.05) is 64.7 Å². The fourth-order valence-electron chi connectivity index (χ4n) is 8.13. The number of ether oxygens (including phenoxy) is 1. The molecule has 0 amide bonds. The van der Waals surface area contributed by atoms with E-state index < -0.39 is 32.4 Å². The van der Waals surface area contributed by atoms with E-state index in [9.17, 15) is 28.4 Å². The highest BCUT2D eigenvalue weighted by atomic mass is 35.5. The predicted octanol–water partition coefficient (Wildman–Crippen LogP) is 9.20. The standard InChI is InChI=1S/C47H50ClN3O7S2/c48-39-15-10-35(11-16-39)43-8-4-5-9-44(43)47(53)37-21-24-50(25-22-37)40-17-12-36(13-18-40)46(52)33-60(56,57)42-19-14-38(45(31-42)51(54)55)30-34(20-23-49-26-28-58-29-27-49)32-59-41-6-2-1-3-7-41/h1-19,31,34,37,47,53H,20-30,32-33H2/t34-,47+/m0/s1. The van der Waals surface area contributed by atoms with E-state index in [1.807, 2.05) is 91.0 Å². The Hall–Kier alpha value is -4.56. The average molecular weight is 869 g/mol. The Morgan fingerprint density at radius 2 is 1.57 bits per heavy atom. The normalized spacial score (nSPS) is 16.3. The largest absolute Gasteiger partial charge is 0.388 e. The Balaban J connectivity index is 0.967. The zero-order chi connectivity index (χ0) is 42.1. The van der Waals surface area contributed by atoms with Crippen molar-refractivity contribution in [2.45, 2.75) is 41.6 Å². The Bertz CT molecular complexity index is 2330. The van der Waals surface area contributed by atoms with Gasteiger partial charge < -0.3 is 14.7 Å². The molecule has 0 spiro atoms. The number of nitro groups is 1. The van der Waals surface area contributed by atoms with Crippen molar-refractivity contribution in [3.05, 3.63) is 153 Å². The molecule has 0 bridgehead atoms. The van der Waals surface area contributed by atoms with Gasteiger partial charge in [-0.1, -0.05) is 72.3 Å². The predicted molar refractivity (Wildman–Crippen MR) is 239 cm³/mol. The fraction of sp³-hybridized carbons (Fsp3) is 0.340. The molecule has 2 saturated heterocycles. The summed E-state index contributed by atoms with van der Waals surface area (Å²) in [4.78, 5) is 30.6. The van der Waals surface area contributed by atoms with Crippen molar-refractivity contribution in [3.8, 4) is 11.1 Å². The van der Waals surface area contributed by atoms with Crippen LogP contribution in [-0.2, 0) is 21.0 Å². The van der Waals surface area contributed by atoms with Gasteiger partial charge in [0.1, 0.15) is 5.75 Å². The van der Waals surface area contributed by atoms with Gasteiger partial charge >= 0.3 is 0 Å². The molecule has 0 aromatic heterocycles. The summed E-state index contributed by atoms with van der Waals surface area (Å²) < 4.78 is 32.7. The number of piperidine rings is 1. The van der Waals surface area contributed by atoms with Crippen LogP contribution < -0.4 is 4.90 Å². The number of carbonyl (C=O) groups excluding carboxylic acids is 1. The average Bonchev–Trinajstić information content (AvgIpc) is 3.28. The Kier molecular flexibility index (Phi) is 14.8. The van der Waals surface area contributed by atoms with E-state index in [1.165, 1.54) is 6.07 Å². The van der Waals surface area contributed by atoms with Gasteiger partial charge in [-0.15, -0.1) is 11.8 Å². The molecule has 314 valence electrons. The quantitative estimate of drug-likeness (QED) is 0.0418. The second-order valence-corrected chi connectivity index (χ2v) is 19.1. The number of sulfone groups is 1. The van der Waals surface area contributed by atoms with Crippen molar-refractivity contribution in [2.75, 3.05) is 62.3 Å². The van der Waals surface area contributed by atoms with Crippen LogP contribution in [0.2, 0.25) is 5.02 Å². The molecule has 2 aliphatic rings. The number of aliphatic hydroxyl groups excluding tert-OH is 1. The molecular formula is C47H50ClN3O7S2. The molecule has 2 aliphatic heterocycles. The highest BCUT2D eigenvalue weighted by molar-refractivity contribution is 7.99. The van der Waals surface area contributed by atoms with Crippen molar-refractivity contribution < 1.29 is 28.0 Å². The molecule has 2 heterocycles. The van der Waals surface area contributed by atoms with E-state index in [0.717, 1.165) is 78.0 Å². The van der Waals surface area contributed by atoms with Crippen LogP contribution in [0.1, 0.15) is 46.9 Å². The summed E-state index contributed by atoms with van der Waals surface area (Å²) in [7, 11) is -4.19. The lowest BCUT2D eigenvalue weighted by atomic mass is 9.84. The molecule has 2 atom stereocenters. The van der Waals surface area contributed by atoms with Crippen LogP contribution >= 0.6 is 23.4 Å². The summed E-state index contributed by atoms with van der Waals surface area (Å²) in [5, 5.41) is 24.5. The minimum absolute atomic E-state index is 0.0612. The molecular weight excluding hydrogens is 818 g/mol. The number of ketones is 1. The summed E-state index contributed by atoms with van der Waals surface area (Å²) in [5.74, 6) is -0.479. The smallest absolute Gasteiger partial charge is 0.273 e. The van der Waals surface area contributed by atoms with E-state index in [0.29, 0.717) is 43.3 Å². The SMILES string of the molecule is O=C(CS(=O)(=O)c1ccc(C[C@H](CCN2CCOCC2)CSc2ccccc2)c([N+](=O)[O-])c1)c1ccc(N2CCC([C@@H](O)c3ccccc3-c3ccc(Cl)cc3)CC2)cc1. The fourth-order valence-corrected chi connectivity index (χ4v) is 10.6. The summed E-state index contributed by atoms with van der Waals surface area (Å²) in [6, 6.07) is 36.5. The number of nitro benzene ring substituents is 1. The van der Waals surface area contributed by atoms with Crippen LogP contribution in [0.4, 0.5) is 11.4 Å². The zero-order valence-corrected chi connectivity index (χ0v) is 35.8. The maximum Gasteiger partial charge on any atom is 0.273 e. The number of hydrogen-bond acceptors (Lipinski definition) is 10. The Labute approximate surface area is 361 Å². The highest BCUT2D eigenvalue weighted by Crippen LogP contribution is 2.38. The molecule has 5 aromatic rings. The third kappa shape index (κ3) is 11.2. The lowest BCUT2D eigenvalue weighted by Gasteiger charge is -2.36. The molecule has 5 aromatic carbocycles. The van der Waals surface area contributed by atoms with Crippen LogP contribution in [0.25, 0.3) is 11.1 Å². The minimum atomic E-state index is -4.19. The van der Waals surface area contributed by atoms with Crippen LogP contribution in [0.15, 0.2) is 131 Å². The second kappa shape index (κ2) is 20.3. The summed E-state index contributed by atoms with van der Waals surface area (Å²) >= 11 is 7.82. The number of anilines is 1.